The van der Waals surface area contributed by atoms with Crippen LogP contribution in [0.3, 0.4) is 0 Å². The summed E-state index contributed by atoms with van der Waals surface area (Å²) in [5, 5.41) is 5.30. The Hall–Kier alpha value is -1.83. The normalized spacial score (nSPS) is 16.4. The molecule has 0 saturated carbocycles. The van der Waals surface area contributed by atoms with E-state index >= 15 is 0 Å². The Balaban J connectivity index is 2.34. The van der Waals surface area contributed by atoms with E-state index in [2.05, 4.69) is 10.6 Å². The van der Waals surface area contributed by atoms with Gasteiger partial charge in [-0.05, 0) is 12.8 Å². The summed E-state index contributed by atoms with van der Waals surface area (Å²) in [6.45, 7) is 8.04. The van der Waals surface area contributed by atoms with E-state index in [1.165, 1.54) is 0 Å². The van der Waals surface area contributed by atoms with Gasteiger partial charge >= 0.3 is 6.03 Å². The quantitative estimate of drug-likeness (QED) is 0.602. The molecule has 1 fully saturated rings. The summed E-state index contributed by atoms with van der Waals surface area (Å²) >= 11 is 0. The highest BCUT2D eigenvalue weighted by Gasteiger charge is 2.24. The van der Waals surface area contributed by atoms with Crippen molar-refractivity contribution >= 4 is 17.8 Å². The molecule has 0 unspecified atom stereocenters. The van der Waals surface area contributed by atoms with Crippen molar-refractivity contribution in [2.75, 3.05) is 39.3 Å². The molecule has 4 amide bonds. The highest BCUT2D eigenvalue weighted by atomic mass is 16.2. The summed E-state index contributed by atoms with van der Waals surface area (Å²) < 4.78 is 0. The summed E-state index contributed by atoms with van der Waals surface area (Å²) in [6.07, 6.45) is 0. The van der Waals surface area contributed by atoms with Gasteiger partial charge in [-0.3, -0.25) is 9.59 Å². The van der Waals surface area contributed by atoms with E-state index in [-0.39, 0.29) is 30.3 Å². The van der Waals surface area contributed by atoms with Crippen molar-refractivity contribution in [1.82, 2.24) is 20.4 Å². The number of rotatable bonds is 5. The fourth-order valence-corrected chi connectivity index (χ4v) is 2.12. The van der Waals surface area contributed by atoms with E-state index in [1.54, 1.807) is 9.80 Å². The molecule has 8 heteroatoms. The lowest BCUT2D eigenvalue weighted by atomic mass is 10.1. The van der Waals surface area contributed by atoms with E-state index in [0.29, 0.717) is 32.7 Å². The van der Waals surface area contributed by atoms with E-state index in [9.17, 15) is 14.4 Å². The fourth-order valence-electron chi connectivity index (χ4n) is 2.12. The Morgan fingerprint density at radius 2 is 1.59 bits per heavy atom. The molecule has 1 aliphatic heterocycles. The maximum Gasteiger partial charge on any atom is 0.317 e. The third-order valence-corrected chi connectivity index (χ3v) is 3.68. The van der Waals surface area contributed by atoms with Crippen molar-refractivity contribution in [3.8, 4) is 0 Å². The lowest BCUT2D eigenvalue weighted by Gasteiger charge is -2.34. The molecule has 0 aliphatic carbocycles. The number of carbonyl (C=O) groups excluding carboxylic acids is 3. The molecule has 8 nitrogen and oxygen atoms in total. The van der Waals surface area contributed by atoms with Gasteiger partial charge in [0.05, 0.1) is 12.6 Å². The Morgan fingerprint density at radius 3 is 2.09 bits per heavy atom. The molecule has 0 radical (unpaired) electrons. The van der Waals surface area contributed by atoms with Gasteiger partial charge in [-0.25, -0.2) is 4.79 Å². The standard InChI is InChI=1S/C14H27N5O3/c1-4-16-14(22)19-7-5-18(6-8-19)11(20)9-17-13(21)12(15)10(2)3/h10,12H,4-9,15H2,1-3H3,(H,16,22)(H,17,21)/t12-/m0/s1. The Bertz CT molecular complexity index is 405. The smallest absolute Gasteiger partial charge is 0.317 e. The zero-order valence-corrected chi connectivity index (χ0v) is 13.6. The van der Waals surface area contributed by atoms with E-state index < -0.39 is 6.04 Å². The van der Waals surface area contributed by atoms with Gasteiger partial charge in [-0.15, -0.1) is 0 Å². The molecule has 1 atom stereocenters. The minimum Gasteiger partial charge on any atom is -0.346 e. The Kier molecular flexibility index (Phi) is 7.10. The molecule has 0 aromatic carbocycles. The third kappa shape index (κ3) is 5.18. The lowest BCUT2D eigenvalue weighted by molar-refractivity contribution is -0.134. The molecule has 0 aromatic heterocycles. The average molecular weight is 313 g/mol. The van der Waals surface area contributed by atoms with Crippen molar-refractivity contribution in [3.05, 3.63) is 0 Å². The predicted molar refractivity (Wildman–Crippen MR) is 83.0 cm³/mol. The van der Waals surface area contributed by atoms with Gasteiger partial charge in [0.2, 0.25) is 11.8 Å². The number of hydrogen-bond acceptors (Lipinski definition) is 4. The molecule has 1 heterocycles. The van der Waals surface area contributed by atoms with Crippen molar-refractivity contribution in [3.63, 3.8) is 0 Å². The van der Waals surface area contributed by atoms with Crippen molar-refractivity contribution in [1.29, 1.82) is 0 Å². The monoisotopic (exact) mass is 313 g/mol. The van der Waals surface area contributed by atoms with E-state index in [4.69, 9.17) is 5.73 Å². The number of carbonyl (C=O) groups is 3. The largest absolute Gasteiger partial charge is 0.346 e. The minimum absolute atomic E-state index is 0.0238. The number of nitrogens with zero attached hydrogens (tertiary/aromatic N) is 2. The minimum atomic E-state index is -0.609. The van der Waals surface area contributed by atoms with Crippen LogP contribution in [0.2, 0.25) is 0 Å². The Morgan fingerprint density at radius 1 is 1.05 bits per heavy atom. The van der Waals surface area contributed by atoms with Crippen LogP contribution in [0, 0.1) is 5.92 Å². The number of urea groups is 1. The highest BCUT2D eigenvalue weighted by Crippen LogP contribution is 2.03. The predicted octanol–water partition coefficient (Wildman–Crippen LogP) is -1.04. The van der Waals surface area contributed by atoms with Crippen LogP contribution in [0.1, 0.15) is 20.8 Å². The molecular formula is C14H27N5O3. The van der Waals surface area contributed by atoms with E-state index in [0.717, 1.165) is 0 Å². The van der Waals surface area contributed by atoms with Gasteiger partial charge in [0, 0.05) is 32.7 Å². The molecule has 0 bridgehead atoms. The first-order valence-corrected chi connectivity index (χ1v) is 7.70. The second kappa shape index (κ2) is 8.57. The van der Waals surface area contributed by atoms with Gasteiger partial charge in [-0.2, -0.15) is 0 Å². The van der Waals surface area contributed by atoms with Gasteiger partial charge in [-0.1, -0.05) is 13.8 Å². The fraction of sp³-hybridized carbons (Fsp3) is 0.786. The lowest BCUT2D eigenvalue weighted by Crippen LogP contribution is -2.55. The summed E-state index contributed by atoms with van der Waals surface area (Å²) in [5.41, 5.74) is 5.72. The SMILES string of the molecule is CCNC(=O)N1CCN(C(=O)CNC(=O)[C@@H](N)C(C)C)CC1. The molecule has 1 rings (SSSR count). The van der Waals surface area contributed by atoms with Crippen molar-refractivity contribution in [2.24, 2.45) is 11.7 Å². The molecular weight excluding hydrogens is 286 g/mol. The summed E-state index contributed by atoms with van der Waals surface area (Å²) in [7, 11) is 0. The van der Waals surface area contributed by atoms with Crippen LogP contribution in [0.15, 0.2) is 0 Å². The number of piperazine rings is 1. The van der Waals surface area contributed by atoms with Crippen LogP contribution in [-0.2, 0) is 9.59 Å². The second-order valence-electron chi connectivity index (χ2n) is 5.69. The molecule has 22 heavy (non-hydrogen) atoms. The van der Waals surface area contributed by atoms with Crippen LogP contribution < -0.4 is 16.4 Å². The summed E-state index contributed by atoms with van der Waals surface area (Å²) in [5.74, 6) is -0.445. The van der Waals surface area contributed by atoms with Gasteiger partial charge in [0.15, 0.2) is 0 Å². The molecule has 0 aromatic rings. The first-order chi connectivity index (χ1) is 10.4. The maximum atomic E-state index is 12.0. The van der Waals surface area contributed by atoms with Crippen LogP contribution in [-0.4, -0.2) is 73.0 Å². The van der Waals surface area contributed by atoms with E-state index in [1.807, 2.05) is 20.8 Å². The van der Waals surface area contributed by atoms with Crippen LogP contribution in [0.4, 0.5) is 4.79 Å². The zero-order chi connectivity index (χ0) is 16.7. The van der Waals surface area contributed by atoms with Crippen molar-refractivity contribution in [2.45, 2.75) is 26.8 Å². The third-order valence-electron chi connectivity index (χ3n) is 3.68. The molecule has 1 saturated heterocycles. The average Bonchev–Trinajstić information content (AvgIpc) is 2.51. The van der Waals surface area contributed by atoms with Gasteiger partial charge in [0.25, 0.3) is 0 Å². The van der Waals surface area contributed by atoms with Gasteiger partial charge < -0.3 is 26.2 Å². The molecule has 126 valence electrons. The zero-order valence-electron chi connectivity index (χ0n) is 13.6. The molecule has 0 spiro atoms. The first kappa shape index (κ1) is 18.2. The van der Waals surface area contributed by atoms with Crippen LogP contribution in [0.5, 0.6) is 0 Å². The number of nitrogens with one attached hydrogen (secondary N) is 2. The van der Waals surface area contributed by atoms with Crippen LogP contribution >= 0.6 is 0 Å². The molecule has 1 aliphatic rings. The second-order valence-corrected chi connectivity index (χ2v) is 5.69. The number of amides is 4. The number of hydrogen-bond donors (Lipinski definition) is 3. The first-order valence-electron chi connectivity index (χ1n) is 7.70. The Labute approximate surface area is 131 Å². The van der Waals surface area contributed by atoms with Crippen LogP contribution in [0.25, 0.3) is 0 Å². The summed E-state index contributed by atoms with van der Waals surface area (Å²) in [4.78, 5) is 38.8. The summed E-state index contributed by atoms with van der Waals surface area (Å²) in [6, 6.07) is -0.715. The topological polar surface area (TPSA) is 108 Å². The molecule has 4 N–H and O–H groups in total. The van der Waals surface area contributed by atoms with Crippen molar-refractivity contribution < 1.29 is 14.4 Å². The number of nitrogens with two attached hydrogens (primary N) is 1. The maximum absolute atomic E-state index is 12.0. The van der Waals surface area contributed by atoms with Gasteiger partial charge in [0.1, 0.15) is 0 Å². The highest BCUT2D eigenvalue weighted by molar-refractivity contribution is 5.87.